The number of aromatic nitrogens is 2. The molecule has 0 amide bonds. The van der Waals surface area contributed by atoms with Crippen LogP contribution in [0.15, 0.2) is 16.9 Å². The van der Waals surface area contributed by atoms with Crippen LogP contribution in [0.25, 0.3) is 11.0 Å². The topological polar surface area (TPSA) is 95.5 Å². The molecule has 1 saturated heterocycles. The molecule has 1 aromatic heterocycles. The number of H-pyrrole nitrogens is 1. The molecule has 1 aliphatic heterocycles. The maximum absolute atomic E-state index is 12.3. The highest BCUT2D eigenvalue weighted by Gasteiger charge is 2.24. The van der Waals surface area contributed by atoms with Crippen molar-refractivity contribution < 1.29 is 14.6 Å². The molecule has 7 heteroatoms. The van der Waals surface area contributed by atoms with Gasteiger partial charge in [-0.15, -0.1) is 0 Å². The van der Waals surface area contributed by atoms with E-state index in [0.717, 1.165) is 19.4 Å². The number of ether oxygens (including phenoxy) is 1. The number of carboxylic acid groups (broad SMARTS) is 1. The van der Waals surface area contributed by atoms with Gasteiger partial charge in [-0.25, -0.2) is 9.78 Å². The predicted molar refractivity (Wildman–Crippen MR) is 81.9 cm³/mol. The van der Waals surface area contributed by atoms with Crippen LogP contribution in [0.2, 0.25) is 0 Å². The van der Waals surface area contributed by atoms with Gasteiger partial charge in [-0.1, -0.05) is 0 Å². The third-order valence-corrected chi connectivity index (χ3v) is 4.05. The summed E-state index contributed by atoms with van der Waals surface area (Å²) in [5.74, 6) is -0.554. The molecule has 0 spiro atoms. The summed E-state index contributed by atoms with van der Waals surface area (Å²) in [6.07, 6.45) is 2.03. The van der Waals surface area contributed by atoms with Gasteiger partial charge in [-0.2, -0.15) is 0 Å². The molecule has 1 fully saturated rings. The Morgan fingerprint density at radius 1 is 1.50 bits per heavy atom. The van der Waals surface area contributed by atoms with Gasteiger partial charge >= 0.3 is 5.97 Å². The summed E-state index contributed by atoms with van der Waals surface area (Å²) in [7, 11) is 1.39. The van der Waals surface area contributed by atoms with Gasteiger partial charge in [0.25, 0.3) is 5.56 Å². The SMILES string of the molecule is COc1cc2[nH]c(=O)c(N3CCCC3C)nc2cc1C(=O)O. The number of aromatic carboxylic acids is 1. The summed E-state index contributed by atoms with van der Waals surface area (Å²) in [6, 6.07) is 3.17. The number of hydrogen-bond acceptors (Lipinski definition) is 5. The number of nitrogens with one attached hydrogen (secondary N) is 1. The monoisotopic (exact) mass is 303 g/mol. The molecular weight excluding hydrogens is 286 g/mol. The van der Waals surface area contributed by atoms with E-state index in [-0.39, 0.29) is 22.9 Å². The first-order chi connectivity index (χ1) is 10.5. The minimum atomic E-state index is -1.09. The lowest BCUT2D eigenvalue weighted by atomic mass is 10.1. The molecule has 0 aliphatic carbocycles. The Morgan fingerprint density at radius 3 is 2.86 bits per heavy atom. The summed E-state index contributed by atoms with van der Waals surface area (Å²) in [4.78, 5) is 32.7. The van der Waals surface area contributed by atoms with Crippen molar-refractivity contribution in [3.63, 3.8) is 0 Å². The number of aromatic amines is 1. The largest absolute Gasteiger partial charge is 0.496 e. The molecule has 1 aromatic carbocycles. The van der Waals surface area contributed by atoms with Gasteiger partial charge in [-0.05, 0) is 25.8 Å². The van der Waals surface area contributed by atoms with Gasteiger partial charge in [0.1, 0.15) is 11.3 Å². The third-order valence-electron chi connectivity index (χ3n) is 4.05. The smallest absolute Gasteiger partial charge is 0.339 e. The number of nitrogens with zero attached hydrogens (tertiary/aromatic N) is 2. The number of methoxy groups -OCH3 is 1. The minimum absolute atomic E-state index is 0.0231. The van der Waals surface area contributed by atoms with Crippen molar-refractivity contribution in [3.8, 4) is 5.75 Å². The molecule has 0 radical (unpaired) electrons. The predicted octanol–water partition coefficient (Wildman–Crippen LogP) is 1.62. The molecule has 0 bridgehead atoms. The fourth-order valence-electron chi connectivity index (χ4n) is 2.88. The quantitative estimate of drug-likeness (QED) is 0.894. The van der Waals surface area contributed by atoms with Crippen LogP contribution in [0, 0.1) is 0 Å². The van der Waals surface area contributed by atoms with Gasteiger partial charge in [0, 0.05) is 18.7 Å². The van der Waals surface area contributed by atoms with Crippen LogP contribution in [0.5, 0.6) is 5.75 Å². The highest BCUT2D eigenvalue weighted by Crippen LogP contribution is 2.26. The second kappa shape index (κ2) is 5.32. The lowest BCUT2D eigenvalue weighted by Crippen LogP contribution is -2.32. The summed E-state index contributed by atoms with van der Waals surface area (Å²) >= 11 is 0. The Hall–Kier alpha value is -2.57. The maximum atomic E-state index is 12.3. The fourth-order valence-corrected chi connectivity index (χ4v) is 2.88. The Morgan fingerprint density at radius 2 is 2.27 bits per heavy atom. The average molecular weight is 303 g/mol. The van der Waals surface area contributed by atoms with Crippen LogP contribution >= 0.6 is 0 Å². The van der Waals surface area contributed by atoms with Crippen LogP contribution < -0.4 is 15.2 Å². The molecule has 0 saturated carbocycles. The van der Waals surface area contributed by atoms with Crippen LogP contribution in [-0.4, -0.2) is 40.7 Å². The molecule has 116 valence electrons. The molecule has 2 aromatic rings. The van der Waals surface area contributed by atoms with Crippen molar-refractivity contribution in [1.82, 2.24) is 9.97 Å². The average Bonchev–Trinajstić information content (AvgIpc) is 2.91. The minimum Gasteiger partial charge on any atom is -0.496 e. The lowest BCUT2D eigenvalue weighted by molar-refractivity contribution is 0.0693. The van der Waals surface area contributed by atoms with E-state index in [1.165, 1.54) is 19.2 Å². The summed E-state index contributed by atoms with van der Waals surface area (Å²) in [6.45, 7) is 2.83. The van der Waals surface area contributed by atoms with Crippen molar-refractivity contribution in [2.45, 2.75) is 25.8 Å². The molecule has 1 unspecified atom stereocenters. The number of benzene rings is 1. The van der Waals surface area contributed by atoms with Gasteiger partial charge in [-0.3, -0.25) is 4.79 Å². The molecule has 1 aliphatic rings. The van der Waals surface area contributed by atoms with Crippen LogP contribution in [0.1, 0.15) is 30.1 Å². The number of carboxylic acids is 1. The van der Waals surface area contributed by atoms with E-state index in [4.69, 9.17) is 4.74 Å². The second-order valence-corrected chi connectivity index (χ2v) is 5.45. The number of rotatable bonds is 3. The van der Waals surface area contributed by atoms with Crippen molar-refractivity contribution in [2.75, 3.05) is 18.6 Å². The Bertz CT molecular complexity index is 799. The number of hydrogen-bond donors (Lipinski definition) is 2. The Kier molecular flexibility index (Phi) is 3.48. The van der Waals surface area contributed by atoms with Gasteiger partial charge in [0.2, 0.25) is 0 Å². The standard InChI is InChI=1S/C15H17N3O4/c1-8-4-3-5-18(8)13-14(19)17-11-7-12(22-2)9(15(20)21)6-10(11)16-13/h6-8H,3-5H2,1-2H3,(H,17,19)(H,20,21). The summed E-state index contributed by atoms with van der Waals surface area (Å²) < 4.78 is 5.06. The first kappa shape index (κ1) is 14.4. The van der Waals surface area contributed by atoms with E-state index in [2.05, 4.69) is 16.9 Å². The van der Waals surface area contributed by atoms with Crippen molar-refractivity contribution >= 4 is 22.8 Å². The molecule has 1 atom stereocenters. The van der Waals surface area contributed by atoms with Crippen molar-refractivity contribution in [2.24, 2.45) is 0 Å². The van der Waals surface area contributed by atoms with E-state index in [0.29, 0.717) is 16.9 Å². The molecule has 22 heavy (non-hydrogen) atoms. The second-order valence-electron chi connectivity index (χ2n) is 5.45. The fraction of sp³-hybridized carbons (Fsp3) is 0.400. The number of fused-ring (bicyclic) bond motifs is 1. The van der Waals surface area contributed by atoms with E-state index < -0.39 is 5.97 Å². The number of anilines is 1. The van der Waals surface area contributed by atoms with Crippen LogP contribution in [-0.2, 0) is 0 Å². The molecule has 2 N–H and O–H groups in total. The lowest BCUT2D eigenvalue weighted by Gasteiger charge is -2.21. The van der Waals surface area contributed by atoms with Gasteiger partial charge in [0.05, 0.1) is 18.1 Å². The highest BCUT2D eigenvalue weighted by molar-refractivity contribution is 5.95. The van der Waals surface area contributed by atoms with E-state index in [9.17, 15) is 14.7 Å². The Labute approximate surface area is 126 Å². The molecular formula is C15H17N3O4. The van der Waals surface area contributed by atoms with Crippen LogP contribution in [0.3, 0.4) is 0 Å². The Balaban J connectivity index is 2.19. The zero-order chi connectivity index (χ0) is 15.9. The third kappa shape index (κ3) is 2.28. The zero-order valence-electron chi connectivity index (χ0n) is 12.4. The van der Waals surface area contributed by atoms with Gasteiger partial charge in [0.15, 0.2) is 5.82 Å². The van der Waals surface area contributed by atoms with Crippen molar-refractivity contribution in [3.05, 3.63) is 28.0 Å². The molecule has 3 rings (SSSR count). The number of carbonyl (C=O) groups is 1. The summed E-state index contributed by atoms with van der Waals surface area (Å²) in [5.41, 5.74) is 0.649. The first-order valence-electron chi connectivity index (χ1n) is 7.13. The van der Waals surface area contributed by atoms with Crippen LogP contribution in [0.4, 0.5) is 5.82 Å². The molecule has 2 heterocycles. The van der Waals surface area contributed by atoms with Crippen molar-refractivity contribution in [1.29, 1.82) is 0 Å². The summed E-state index contributed by atoms with van der Waals surface area (Å²) in [5, 5.41) is 9.24. The van der Waals surface area contributed by atoms with E-state index >= 15 is 0 Å². The molecule has 7 nitrogen and oxygen atoms in total. The normalized spacial score (nSPS) is 17.9. The maximum Gasteiger partial charge on any atom is 0.339 e. The van der Waals surface area contributed by atoms with E-state index in [1.807, 2.05) is 4.90 Å². The van der Waals surface area contributed by atoms with Gasteiger partial charge < -0.3 is 19.7 Å². The zero-order valence-corrected chi connectivity index (χ0v) is 12.4. The van der Waals surface area contributed by atoms with E-state index in [1.54, 1.807) is 0 Å². The first-order valence-corrected chi connectivity index (χ1v) is 7.13. The highest BCUT2D eigenvalue weighted by atomic mass is 16.5.